The van der Waals surface area contributed by atoms with Crippen LogP contribution >= 0.6 is 11.6 Å². The van der Waals surface area contributed by atoms with Crippen molar-refractivity contribution in [3.05, 3.63) is 59.1 Å². The van der Waals surface area contributed by atoms with Gasteiger partial charge in [-0.2, -0.15) is 0 Å². The van der Waals surface area contributed by atoms with Gasteiger partial charge in [0, 0.05) is 11.6 Å². The zero-order valence-electron chi connectivity index (χ0n) is 14.4. The minimum Gasteiger partial charge on any atom is -0.497 e. The highest BCUT2D eigenvalue weighted by Gasteiger charge is 2.08. The van der Waals surface area contributed by atoms with E-state index in [1.54, 1.807) is 31.4 Å². The summed E-state index contributed by atoms with van der Waals surface area (Å²) in [6, 6.07) is 14.2. The Morgan fingerprint density at radius 1 is 0.962 bits per heavy atom. The molecule has 0 aromatic heterocycles. The summed E-state index contributed by atoms with van der Waals surface area (Å²) in [6.45, 7) is -0.170. The number of carbonyl (C=O) groups is 2. The van der Waals surface area contributed by atoms with Gasteiger partial charge in [0.1, 0.15) is 11.5 Å². The molecule has 0 spiro atoms. The lowest BCUT2D eigenvalue weighted by atomic mass is 10.1. The van der Waals surface area contributed by atoms with Crippen molar-refractivity contribution in [3.63, 3.8) is 0 Å². The Hall–Kier alpha value is -2.73. The minimum absolute atomic E-state index is 0.277. The van der Waals surface area contributed by atoms with Crippen molar-refractivity contribution in [3.8, 4) is 11.5 Å². The van der Waals surface area contributed by atoms with Crippen LogP contribution in [0.4, 0.5) is 0 Å². The third-order valence-electron chi connectivity index (χ3n) is 3.43. The Labute approximate surface area is 157 Å². The lowest BCUT2D eigenvalue weighted by molar-refractivity contribution is -0.150. The number of nitrogens with one attached hydrogen (secondary N) is 1. The molecule has 0 saturated carbocycles. The van der Waals surface area contributed by atoms with Crippen LogP contribution in [0, 0.1) is 0 Å². The van der Waals surface area contributed by atoms with Crippen LogP contribution in [0.5, 0.6) is 11.5 Å². The zero-order valence-corrected chi connectivity index (χ0v) is 15.1. The van der Waals surface area contributed by atoms with E-state index in [9.17, 15) is 9.59 Å². The molecule has 0 aliphatic rings. The first-order valence-corrected chi connectivity index (χ1v) is 8.38. The van der Waals surface area contributed by atoms with E-state index in [1.165, 1.54) is 0 Å². The van der Waals surface area contributed by atoms with Gasteiger partial charge in [0.25, 0.3) is 5.91 Å². The van der Waals surface area contributed by atoms with Crippen LogP contribution in [0.15, 0.2) is 48.5 Å². The molecule has 0 aliphatic carbocycles. The minimum atomic E-state index is -0.620. The fourth-order valence-electron chi connectivity index (χ4n) is 2.05. The number of benzene rings is 2. The quantitative estimate of drug-likeness (QED) is 0.680. The Bertz CT molecular complexity index is 716. The number of hydrogen-bond acceptors (Lipinski definition) is 5. The molecular weight excluding hydrogens is 358 g/mol. The summed E-state index contributed by atoms with van der Waals surface area (Å²) in [4.78, 5) is 23.3. The number of amides is 1. The fraction of sp³-hybridized carbons (Fsp3) is 0.263. The van der Waals surface area contributed by atoms with Gasteiger partial charge in [0.05, 0.1) is 7.11 Å². The predicted octanol–water partition coefficient (Wildman–Crippen LogP) is 2.63. The predicted molar refractivity (Wildman–Crippen MR) is 97.6 cm³/mol. The van der Waals surface area contributed by atoms with E-state index in [0.29, 0.717) is 23.7 Å². The van der Waals surface area contributed by atoms with Crippen molar-refractivity contribution in [2.45, 2.75) is 6.42 Å². The molecule has 0 heterocycles. The van der Waals surface area contributed by atoms with Gasteiger partial charge in [0.2, 0.25) is 0 Å². The summed E-state index contributed by atoms with van der Waals surface area (Å²) in [6.07, 6.45) is 0.670. The molecule has 0 radical (unpaired) electrons. The second kappa shape index (κ2) is 10.3. The molecule has 0 bridgehead atoms. The number of hydrogen-bond donors (Lipinski definition) is 1. The number of ether oxygens (including phenoxy) is 3. The second-order valence-corrected chi connectivity index (χ2v) is 5.79. The van der Waals surface area contributed by atoms with Gasteiger partial charge in [-0.3, -0.25) is 4.79 Å². The van der Waals surface area contributed by atoms with Crippen LogP contribution in [-0.2, 0) is 20.7 Å². The summed E-state index contributed by atoms with van der Waals surface area (Å²) in [5.74, 6) is 0.296. The van der Waals surface area contributed by atoms with E-state index in [0.717, 1.165) is 11.3 Å². The van der Waals surface area contributed by atoms with Crippen molar-refractivity contribution >= 4 is 23.5 Å². The standard InChI is InChI=1S/C19H20ClNO5/c1-24-16-6-2-14(3-7-16)10-11-21-18(22)12-26-19(23)13-25-17-8-4-15(20)5-9-17/h2-9H,10-13H2,1H3,(H,21,22). The molecule has 1 N–H and O–H groups in total. The molecule has 2 aromatic rings. The monoisotopic (exact) mass is 377 g/mol. The number of halogens is 1. The maximum atomic E-state index is 11.7. The van der Waals surface area contributed by atoms with E-state index >= 15 is 0 Å². The van der Waals surface area contributed by atoms with Crippen molar-refractivity contribution in [2.75, 3.05) is 26.9 Å². The first-order valence-electron chi connectivity index (χ1n) is 8.00. The van der Waals surface area contributed by atoms with E-state index in [1.807, 2.05) is 24.3 Å². The molecule has 0 unspecified atom stereocenters. The van der Waals surface area contributed by atoms with E-state index in [-0.39, 0.29) is 19.1 Å². The molecule has 7 heteroatoms. The largest absolute Gasteiger partial charge is 0.497 e. The van der Waals surface area contributed by atoms with Crippen molar-refractivity contribution in [1.82, 2.24) is 5.32 Å². The van der Waals surface area contributed by atoms with Gasteiger partial charge in [-0.15, -0.1) is 0 Å². The van der Waals surface area contributed by atoms with E-state index in [2.05, 4.69) is 5.32 Å². The number of carbonyl (C=O) groups excluding carboxylic acids is 2. The van der Waals surface area contributed by atoms with Crippen molar-refractivity contribution in [1.29, 1.82) is 0 Å². The first-order chi connectivity index (χ1) is 12.6. The topological polar surface area (TPSA) is 73.9 Å². The van der Waals surface area contributed by atoms with E-state index < -0.39 is 5.97 Å². The molecule has 6 nitrogen and oxygen atoms in total. The van der Waals surface area contributed by atoms with Gasteiger partial charge in [-0.05, 0) is 48.4 Å². The fourth-order valence-corrected chi connectivity index (χ4v) is 2.18. The summed E-state index contributed by atoms with van der Waals surface area (Å²) in [5.41, 5.74) is 1.07. The number of methoxy groups -OCH3 is 1. The highest BCUT2D eigenvalue weighted by molar-refractivity contribution is 6.30. The van der Waals surface area contributed by atoms with Gasteiger partial charge in [-0.25, -0.2) is 4.79 Å². The Morgan fingerprint density at radius 2 is 1.62 bits per heavy atom. The maximum absolute atomic E-state index is 11.7. The summed E-state index contributed by atoms with van der Waals surface area (Å²) < 4.78 is 15.2. The van der Waals surface area contributed by atoms with Gasteiger partial charge in [0.15, 0.2) is 13.2 Å². The maximum Gasteiger partial charge on any atom is 0.344 e. The van der Waals surface area contributed by atoms with Crippen LogP contribution in [0.3, 0.4) is 0 Å². The molecule has 0 aliphatic heterocycles. The molecular formula is C19H20ClNO5. The summed E-state index contributed by atoms with van der Waals surface area (Å²) in [7, 11) is 1.61. The average Bonchev–Trinajstić information content (AvgIpc) is 2.66. The highest BCUT2D eigenvalue weighted by Crippen LogP contribution is 2.15. The molecule has 2 rings (SSSR count). The smallest absolute Gasteiger partial charge is 0.344 e. The molecule has 0 saturated heterocycles. The third-order valence-corrected chi connectivity index (χ3v) is 3.68. The molecule has 0 fully saturated rings. The second-order valence-electron chi connectivity index (χ2n) is 5.35. The number of esters is 1. The Morgan fingerprint density at radius 3 is 2.27 bits per heavy atom. The molecule has 138 valence electrons. The normalized spacial score (nSPS) is 10.1. The SMILES string of the molecule is COc1ccc(CCNC(=O)COC(=O)COc2ccc(Cl)cc2)cc1. The Kier molecular flexibility index (Phi) is 7.76. The van der Waals surface area contributed by atoms with Gasteiger partial charge >= 0.3 is 5.97 Å². The first kappa shape index (κ1) is 19.6. The van der Waals surface area contributed by atoms with Gasteiger partial charge < -0.3 is 19.5 Å². The summed E-state index contributed by atoms with van der Waals surface area (Å²) >= 11 is 5.76. The van der Waals surface area contributed by atoms with Crippen LogP contribution in [0.2, 0.25) is 5.02 Å². The highest BCUT2D eigenvalue weighted by atomic mass is 35.5. The number of rotatable bonds is 9. The van der Waals surface area contributed by atoms with Gasteiger partial charge in [-0.1, -0.05) is 23.7 Å². The molecule has 26 heavy (non-hydrogen) atoms. The molecule has 0 atom stereocenters. The van der Waals surface area contributed by atoms with Crippen LogP contribution in [-0.4, -0.2) is 38.7 Å². The summed E-state index contributed by atoms with van der Waals surface area (Å²) in [5, 5.41) is 3.27. The molecule has 1 amide bonds. The van der Waals surface area contributed by atoms with Crippen molar-refractivity contribution < 1.29 is 23.8 Å². The van der Waals surface area contributed by atoms with E-state index in [4.69, 9.17) is 25.8 Å². The molecule has 2 aromatic carbocycles. The van der Waals surface area contributed by atoms with Crippen LogP contribution in [0.1, 0.15) is 5.56 Å². The van der Waals surface area contributed by atoms with Crippen molar-refractivity contribution in [2.24, 2.45) is 0 Å². The zero-order chi connectivity index (χ0) is 18.8. The Balaban J connectivity index is 1.60. The lowest BCUT2D eigenvalue weighted by Crippen LogP contribution is -2.31. The third kappa shape index (κ3) is 7.03. The average molecular weight is 378 g/mol. The lowest BCUT2D eigenvalue weighted by Gasteiger charge is -2.08. The van der Waals surface area contributed by atoms with Crippen LogP contribution < -0.4 is 14.8 Å². The van der Waals surface area contributed by atoms with Crippen LogP contribution in [0.25, 0.3) is 0 Å².